The summed E-state index contributed by atoms with van der Waals surface area (Å²) in [4.78, 5) is 2.23. The quantitative estimate of drug-likeness (QED) is 0.825. The maximum Gasteiger partial charge on any atom is 0.148 e. The Balaban J connectivity index is 2.10. The zero-order chi connectivity index (χ0) is 12.5. The van der Waals surface area contributed by atoms with Gasteiger partial charge in [0.2, 0.25) is 0 Å². The van der Waals surface area contributed by atoms with E-state index in [1.54, 1.807) is 0 Å². The molecule has 1 aliphatic heterocycles. The number of hydrogen-bond acceptors (Lipinski definition) is 2. The smallest absolute Gasteiger partial charge is 0.148 e. The van der Waals surface area contributed by atoms with Gasteiger partial charge < -0.3 is 14.2 Å². The Morgan fingerprint density at radius 3 is 2.94 bits per heavy atom. The van der Waals surface area contributed by atoms with Crippen molar-refractivity contribution >= 4 is 10.9 Å². The molecule has 3 heteroatoms. The predicted molar refractivity (Wildman–Crippen MR) is 74.3 cm³/mol. The number of aromatic nitrogens is 1. The van der Waals surface area contributed by atoms with E-state index in [9.17, 15) is 0 Å². The lowest BCUT2D eigenvalue weighted by Gasteiger charge is -2.18. The van der Waals surface area contributed by atoms with E-state index < -0.39 is 0 Å². The number of fused-ring (bicyclic) bond motifs is 3. The van der Waals surface area contributed by atoms with Crippen LogP contribution in [0.2, 0.25) is 0 Å². The molecule has 1 aromatic heterocycles. The van der Waals surface area contributed by atoms with Gasteiger partial charge in [0.1, 0.15) is 5.75 Å². The van der Waals surface area contributed by atoms with Gasteiger partial charge in [-0.2, -0.15) is 0 Å². The third-order valence-electron chi connectivity index (χ3n) is 3.60. The van der Waals surface area contributed by atoms with Crippen LogP contribution in [0.1, 0.15) is 12.1 Å². The van der Waals surface area contributed by atoms with Gasteiger partial charge in [0.15, 0.2) is 0 Å². The van der Waals surface area contributed by atoms with Gasteiger partial charge in [-0.1, -0.05) is 12.1 Å². The van der Waals surface area contributed by atoms with Crippen LogP contribution >= 0.6 is 0 Å². The molecule has 0 fully saturated rings. The summed E-state index contributed by atoms with van der Waals surface area (Å²) in [6, 6.07) is 8.58. The molecule has 18 heavy (non-hydrogen) atoms. The van der Waals surface area contributed by atoms with Gasteiger partial charge in [-0.05, 0) is 39.1 Å². The maximum absolute atomic E-state index is 5.89. The molecule has 1 aliphatic rings. The van der Waals surface area contributed by atoms with Gasteiger partial charge in [0.25, 0.3) is 0 Å². The number of para-hydroxylation sites is 1. The van der Waals surface area contributed by atoms with Crippen molar-refractivity contribution in [1.29, 1.82) is 0 Å². The van der Waals surface area contributed by atoms with E-state index in [1.165, 1.54) is 16.6 Å². The van der Waals surface area contributed by atoms with E-state index in [0.29, 0.717) is 0 Å². The highest BCUT2D eigenvalue weighted by molar-refractivity contribution is 5.88. The molecule has 0 unspecified atom stereocenters. The summed E-state index contributed by atoms with van der Waals surface area (Å²) in [7, 11) is 4.24. The van der Waals surface area contributed by atoms with E-state index in [4.69, 9.17) is 4.74 Å². The summed E-state index contributed by atoms with van der Waals surface area (Å²) in [6.07, 6.45) is 2.27. The molecule has 3 nitrogen and oxygen atoms in total. The molecule has 0 amide bonds. The largest absolute Gasteiger partial charge is 0.491 e. The van der Waals surface area contributed by atoms with E-state index in [2.05, 4.69) is 47.8 Å². The lowest BCUT2D eigenvalue weighted by Crippen LogP contribution is -2.20. The fourth-order valence-corrected chi connectivity index (χ4v) is 2.70. The van der Waals surface area contributed by atoms with Crippen molar-refractivity contribution < 1.29 is 4.74 Å². The SMILES string of the molecule is CN(C)CCn1c2c(c3ccccc31)OCCC2. The summed E-state index contributed by atoms with van der Waals surface area (Å²) in [5.41, 5.74) is 2.69. The van der Waals surface area contributed by atoms with Gasteiger partial charge in [0.05, 0.1) is 17.8 Å². The van der Waals surface area contributed by atoms with Crippen LogP contribution in [-0.2, 0) is 13.0 Å². The Morgan fingerprint density at radius 2 is 2.11 bits per heavy atom. The number of benzene rings is 1. The summed E-state index contributed by atoms with van der Waals surface area (Å²) in [5.74, 6) is 1.12. The van der Waals surface area contributed by atoms with Gasteiger partial charge in [-0.3, -0.25) is 0 Å². The van der Waals surface area contributed by atoms with Crippen LogP contribution in [0.3, 0.4) is 0 Å². The van der Waals surface area contributed by atoms with E-state index in [1.807, 2.05) is 0 Å². The van der Waals surface area contributed by atoms with Crippen molar-refractivity contribution in [3.8, 4) is 5.75 Å². The Bertz CT molecular complexity index is 557. The molecule has 0 N–H and O–H groups in total. The normalized spacial score (nSPS) is 14.8. The molecule has 0 bridgehead atoms. The van der Waals surface area contributed by atoms with E-state index >= 15 is 0 Å². The first-order valence-electron chi connectivity index (χ1n) is 6.65. The minimum atomic E-state index is 0.856. The lowest BCUT2D eigenvalue weighted by molar-refractivity contribution is 0.285. The average molecular weight is 244 g/mol. The molecule has 0 spiro atoms. The van der Waals surface area contributed by atoms with Crippen LogP contribution < -0.4 is 4.74 Å². The fourth-order valence-electron chi connectivity index (χ4n) is 2.70. The standard InChI is InChI=1S/C15H20N2O/c1-16(2)9-10-17-13-7-4-3-6-12(13)15-14(17)8-5-11-18-15/h3-4,6-7H,5,8-11H2,1-2H3. The van der Waals surface area contributed by atoms with Crippen LogP contribution in [0.15, 0.2) is 24.3 Å². The Kier molecular flexibility index (Phi) is 3.00. The topological polar surface area (TPSA) is 17.4 Å². The number of ether oxygens (including phenoxy) is 1. The predicted octanol–water partition coefficient (Wildman–Crippen LogP) is 2.53. The third-order valence-corrected chi connectivity index (χ3v) is 3.60. The highest BCUT2D eigenvalue weighted by Crippen LogP contribution is 2.36. The molecule has 0 saturated heterocycles. The molecule has 2 aromatic rings. The molecular formula is C15H20N2O. The fraction of sp³-hybridized carbons (Fsp3) is 0.467. The van der Waals surface area contributed by atoms with Crippen molar-refractivity contribution in [1.82, 2.24) is 9.47 Å². The van der Waals surface area contributed by atoms with Crippen LogP contribution in [0.5, 0.6) is 5.75 Å². The van der Waals surface area contributed by atoms with Gasteiger partial charge in [-0.15, -0.1) is 0 Å². The second-order valence-corrected chi connectivity index (χ2v) is 5.20. The van der Waals surface area contributed by atoms with Crippen LogP contribution in [0, 0.1) is 0 Å². The minimum absolute atomic E-state index is 0.856. The van der Waals surface area contributed by atoms with Crippen molar-refractivity contribution in [2.45, 2.75) is 19.4 Å². The monoisotopic (exact) mass is 244 g/mol. The highest BCUT2D eigenvalue weighted by atomic mass is 16.5. The first kappa shape index (κ1) is 11.6. The van der Waals surface area contributed by atoms with E-state index in [-0.39, 0.29) is 0 Å². The summed E-state index contributed by atoms with van der Waals surface area (Å²) in [5, 5.41) is 1.27. The molecule has 2 heterocycles. The molecule has 0 aliphatic carbocycles. The lowest BCUT2D eigenvalue weighted by atomic mass is 10.1. The third kappa shape index (κ3) is 1.89. The Hall–Kier alpha value is -1.48. The van der Waals surface area contributed by atoms with Crippen LogP contribution in [0.4, 0.5) is 0 Å². The number of nitrogens with zero attached hydrogens (tertiary/aromatic N) is 2. The van der Waals surface area contributed by atoms with Gasteiger partial charge >= 0.3 is 0 Å². The van der Waals surface area contributed by atoms with Gasteiger partial charge in [0, 0.05) is 18.5 Å². The van der Waals surface area contributed by atoms with Crippen molar-refractivity contribution in [2.75, 3.05) is 27.2 Å². The Morgan fingerprint density at radius 1 is 1.28 bits per heavy atom. The molecule has 1 aromatic carbocycles. The van der Waals surface area contributed by atoms with E-state index in [0.717, 1.165) is 38.3 Å². The molecule has 3 rings (SSSR count). The van der Waals surface area contributed by atoms with Crippen LogP contribution in [-0.4, -0.2) is 36.7 Å². The highest BCUT2D eigenvalue weighted by Gasteiger charge is 2.20. The zero-order valence-electron chi connectivity index (χ0n) is 11.1. The second-order valence-electron chi connectivity index (χ2n) is 5.20. The van der Waals surface area contributed by atoms with Gasteiger partial charge in [-0.25, -0.2) is 0 Å². The first-order chi connectivity index (χ1) is 8.77. The Labute approximate surface area is 108 Å². The first-order valence-corrected chi connectivity index (χ1v) is 6.65. The van der Waals surface area contributed by atoms with Crippen molar-refractivity contribution in [2.24, 2.45) is 0 Å². The van der Waals surface area contributed by atoms with Crippen molar-refractivity contribution in [3.63, 3.8) is 0 Å². The molecule has 0 atom stereocenters. The van der Waals surface area contributed by atoms with Crippen molar-refractivity contribution in [3.05, 3.63) is 30.0 Å². The molecular weight excluding hydrogens is 224 g/mol. The number of hydrogen-bond donors (Lipinski definition) is 0. The summed E-state index contributed by atoms with van der Waals surface area (Å²) >= 11 is 0. The summed E-state index contributed by atoms with van der Waals surface area (Å²) in [6.45, 7) is 2.95. The van der Waals surface area contributed by atoms with Crippen LogP contribution in [0.25, 0.3) is 10.9 Å². The number of rotatable bonds is 3. The maximum atomic E-state index is 5.89. The second kappa shape index (κ2) is 4.65. The molecule has 96 valence electrons. The number of likely N-dealkylation sites (N-methyl/N-ethyl adjacent to an activating group) is 1. The molecule has 0 radical (unpaired) electrons. The summed E-state index contributed by atoms with van der Waals surface area (Å²) < 4.78 is 8.32. The zero-order valence-corrected chi connectivity index (χ0v) is 11.1. The molecule has 0 saturated carbocycles. The minimum Gasteiger partial charge on any atom is -0.491 e. The average Bonchev–Trinajstić information content (AvgIpc) is 2.71.